The van der Waals surface area contributed by atoms with Crippen molar-refractivity contribution >= 4 is 5.91 Å². The van der Waals surface area contributed by atoms with Gasteiger partial charge in [-0.3, -0.25) is 4.79 Å². The Kier molecular flexibility index (Phi) is 4.14. The molecule has 1 aliphatic heterocycles. The molecule has 0 aliphatic carbocycles. The molecule has 2 atom stereocenters. The largest absolute Gasteiger partial charge is 0.349 e. The van der Waals surface area contributed by atoms with E-state index in [9.17, 15) is 4.79 Å². The Balaban J connectivity index is 2.66. The normalized spacial score (nSPS) is 30.6. The van der Waals surface area contributed by atoms with Crippen molar-refractivity contribution in [1.29, 1.82) is 0 Å². The van der Waals surface area contributed by atoms with E-state index in [1.54, 1.807) is 12.2 Å². The van der Waals surface area contributed by atoms with Gasteiger partial charge in [-0.1, -0.05) is 13.0 Å². The first kappa shape index (κ1) is 13.2. The second-order valence-corrected chi connectivity index (χ2v) is 5.27. The van der Waals surface area contributed by atoms with E-state index >= 15 is 0 Å². The molecule has 16 heavy (non-hydrogen) atoms. The van der Waals surface area contributed by atoms with Gasteiger partial charge in [0.15, 0.2) is 0 Å². The number of allylic oxidation sites excluding steroid dienone is 1. The lowest BCUT2D eigenvalue weighted by molar-refractivity contribution is -0.118. The first-order chi connectivity index (χ1) is 7.39. The number of likely N-dealkylation sites (tertiary alicyclic amines) is 1. The first-order valence-corrected chi connectivity index (χ1v) is 6.04. The van der Waals surface area contributed by atoms with Crippen molar-refractivity contribution in [3.05, 3.63) is 12.2 Å². The van der Waals surface area contributed by atoms with Gasteiger partial charge in [-0.2, -0.15) is 0 Å². The maximum atomic E-state index is 11.5. The zero-order chi connectivity index (χ0) is 12.3. The highest BCUT2D eigenvalue weighted by Gasteiger charge is 2.39. The Hall–Kier alpha value is -0.830. The number of amides is 1. The highest BCUT2D eigenvalue weighted by Crippen LogP contribution is 2.31. The van der Waals surface area contributed by atoms with Crippen molar-refractivity contribution in [3.63, 3.8) is 0 Å². The van der Waals surface area contributed by atoms with Crippen molar-refractivity contribution in [2.45, 2.75) is 45.7 Å². The van der Waals surface area contributed by atoms with Gasteiger partial charge in [0.05, 0.1) is 0 Å². The number of rotatable bonds is 2. The van der Waals surface area contributed by atoms with Crippen LogP contribution in [0.25, 0.3) is 0 Å². The van der Waals surface area contributed by atoms with Crippen LogP contribution in [0.4, 0.5) is 0 Å². The minimum atomic E-state index is 0.0275. The Bertz CT molecular complexity index is 284. The van der Waals surface area contributed by atoms with Crippen molar-refractivity contribution in [2.24, 2.45) is 5.92 Å². The lowest BCUT2D eigenvalue weighted by Crippen LogP contribution is -2.59. The third-order valence-electron chi connectivity index (χ3n) is 4.12. The zero-order valence-corrected chi connectivity index (χ0v) is 11.1. The molecule has 3 nitrogen and oxygen atoms in total. The van der Waals surface area contributed by atoms with Gasteiger partial charge in [0, 0.05) is 18.1 Å². The molecule has 92 valence electrons. The molecule has 0 radical (unpaired) electrons. The molecule has 0 saturated carbocycles. The molecule has 0 spiro atoms. The molecule has 1 saturated heterocycles. The molecule has 2 unspecified atom stereocenters. The molecule has 1 fully saturated rings. The fraction of sp³-hybridized carbons (Fsp3) is 0.769. The summed E-state index contributed by atoms with van der Waals surface area (Å²) in [5.41, 5.74) is 0.145. The molecule has 1 amide bonds. The van der Waals surface area contributed by atoms with Crippen LogP contribution >= 0.6 is 0 Å². The summed E-state index contributed by atoms with van der Waals surface area (Å²) in [6.45, 7) is 9.60. The summed E-state index contributed by atoms with van der Waals surface area (Å²) in [5.74, 6) is 0.486. The highest BCUT2D eigenvalue weighted by molar-refractivity contribution is 5.87. The fourth-order valence-corrected chi connectivity index (χ4v) is 2.29. The minimum Gasteiger partial charge on any atom is -0.349 e. The molecule has 0 aromatic rings. The first-order valence-electron chi connectivity index (χ1n) is 6.04. The zero-order valence-electron chi connectivity index (χ0n) is 11.1. The summed E-state index contributed by atoms with van der Waals surface area (Å²) in [7, 11) is 2.15. The molecule has 1 rings (SSSR count). The van der Waals surface area contributed by atoms with E-state index in [-0.39, 0.29) is 17.5 Å². The van der Waals surface area contributed by atoms with Crippen LogP contribution in [0.2, 0.25) is 0 Å². The predicted octanol–water partition coefficient (Wildman–Crippen LogP) is 1.80. The van der Waals surface area contributed by atoms with Crippen LogP contribution < -0.4 is 5.32 Å². The van der Waals surface area contributed by atoms with Crippen LogP contribution in [0, 0.1) is 5.92 Å². The van der Waals surface area contributed by atoms with Crippen molar-refractivity contribution in [2.75, 3.05) is 13.6 Å². The van der Waals surface area contributed by atoms with Gasteiger partial charge >= 0.3 is 0 Å². The van der Waals surface area contributed by atoms with Gasteiger partial charge < -0.3 is 10.2 Å². The average molecular weight is 224 g/mol. The molecule has 1 N–H and O–H groups in total. The molecule has 3 heteroatoms. The van der Waals surface area contributed by atoms with E-state index in [0.29, 0.717) is 5.92 Å². The third-order valence-corrected chi connectivity index (χ3v) is 4.12. The number of piperidine rings is 1. The van der Waals surface area contributed by atoms with Gasteiger partial charge in [-0.05, 0) is 46.2 Å². The smallest absolute Gasteiger partial charge is 0.243 e. The summed E-state index contributed by atoms with van der Waals surface area (Å²) in [5, 5.41) is 3.09. The number of hydrogen-bond donors (Lipinski definition) is 1. The topological polar surface area (TPSA) is 32.3 Å². The van der Waals surface area contributed by atoms with Crippen LogP contribution in [0.5, 0.6) is 0 Å². The maximum Gasteiger partial charge on any atom is 0.243 e. The van der Waals surface area contributed by atoms with E-state index < -0.39 is 0 Å². The standard InChI is InChI=1S/C13H24N2O/c1-6-7-12(16)14-11-8-9-15(5)13(3,4)10(11)2/h6-7,10-11H,8-9H2,1-5H3,(H,14,16)/b7-6+. The second kappa shape index (κ2) is 5.00. The van der Waals surface area contributed by atoms with E-state index in [2.05, 4.69) is 38.0 Å². The van der Waals surface area contributed by atoms with E-state index in [0.717, 1.165) is 13.0 Å². The predicted molar refractivity (Wildman–Crippen MR) is 67.2 cm³/mol. The third kappa shape index (κ3) is 2.64. The molecule has 0 aromatic carbocycles. The van der Waals surface area contributed by atoms with Crippen LogP contribution in [-0.4, -0.2) is 36.0 Å². The maximum absolute atomic E-state index is 11.5. The van der Waals surface area contributed by atoms with Crippen molar-refractivity contribution in [1.82, 2.24) is 10.2 Å². The number of carbonyl (C=O) groups is 1. The molecule has 1 heterocycles. The average Bonchev–Trinajstić information content (AvgIpc) is 2.20. The quantitative estimate of drug-likeness (QED) is 0.725. The second-order valence-electron chi connectivity index (χ2n) is 5.27. The number of nitrogens with zero attached hydrogens (tertiary/aromatic N) is 1. The molecule has 0 aromatic heterocycles. The highest BCUT2D eigenvalue weighted by atomic mass is 16.1. The number of carbonyl (C=O) groups excluding carboxylic acids is 1. The Morgan fingerprint density at radius 3 is 2.69 bits per heavy atom. The van der Waals surface area contributed by atoms with E-state index in [1.807, 2.05) is 6.92 Å². The summed E-state index contributed by atoms with van der Waals surface area (Å²) in [6.07, 6.45) is 4.41. The number of hydrogen-bond acceptors (Lipinski definition) is 2. The monoisotopic (exact) mass is 224 g/mol. The lowest BCUT2D eigenvalue weighted by atomic mass is 9.77. The number of nitrogens with one attached hydrogen (secondary N) is 1. The van der Waals surface area contributed by atoms with Gasteiger partial charge in [-0.25, -0.2) is 0 Å². The Labute approximate surface area is 98.9 Å². The summed E-state index contributed by atoms with van der Waals surface area (Å²) in [6, 6.07) is 0.287. The van der Waals surface area contributed by atoms with E-state index in [4.69, 9.17) is 0 Å². The molecular formula is C13H24N2O. The Morgan fingerprint density at radius 1 is 1.50 bits per heavy atom. The van der Waals surface area contributed by atoms with Gasteiger partial charge in [0.2, 0.25) is 5.91 Å². The summed E-state index contributed by atoms with van der Waals surface area (Å²) < 4.78 is 0. The van der Waals surface area contributed by atoms with Crippen LogP contribution in [0.1, 0.15) is 34.1 Å². The fourth-order valence-electron chi connectivity index (χ4n) is 2.29. The van der Waals surface area contributed by atoms with E-state index in [1.165, 1.54) is 0 Å². The van der Waals surface area contributed by atoms with Gasteiger partial charge in [0.1, 0.15) is 0 Å². The van der Waals surface area contributed by atoms with Crippen LogP contribution in [0.3, 0.4) is 0 Å². The minimum absolute atomic E-state index is 0.0275. The molecule has 1 aliphatic rings. The van der Waals surface area contributed by atoms with Crippen LogP contribution in [0.15, 0.2) is 12.2 Å². The summed E-state index contributed by atoms with van der Waals surface area (Å²) in [4.78, 5) is 13.9. The van der Waals surface area contributed by atoms with Crippen molar-refractivity contribution in [3.8, 4) is 0 Å². The lowest BCUT2D eigenvalue weighted by Gasteiger charge is -2.49. The van der Waals surface area contributed by atoms with Crippen LogP contribution in [-0.2, 0) is 4.79 Å². The Morgan fingerprint density at radius 2 is 2.12 bits per heavy atom. The molecular weight excluding hydrogens is 200 g/mol. The van der Waals surface area contributed by atoms with Gasteiger partial charge in [-0.15, -0.1) is 0 Å². The van der Waals surface area contributed by atoms with Crippen molar-refractivity contribution < 1.29 is 4.79 Å². The SMILES string of the molecule is C/C=C/C(=O)NC1CCN(C)C(C)(C)C1C. The van der Waals surface area contributed by atoms with Gasteiger partial charge in [0.25, 0.3) is 0 Å². The molecule has 0 bridgehead atoms. The summed E-state index contributed by atoms with van der Waals surface area (Å²) >= 11 is 0.